The van der Waals surface area contributed by atoms with Gasteiger partial charge < -0.3 is 10.2 Å². The van der Waals surface area contributed by atoms with E-state index in [1.165, 1.54) is 0 Å². The number of hydrogen-bond donors (Lipinski definition) is 1. The van der Waals surface area contributed by atoms with Crippen molar-refractivity contribution in [1.82, 2.24) is 15.0 Å². The molecule has 1 N–H and O–H groups in total. The molecule has 0 unspecified atom stereocenters. The van der Waals surface area contributed by atoms with Gasteiger partial charge in [0.25, 0.3) is 0 Å². The monoisotopic (exact) mass is 271 g/mol. The van der Waals surface area contributed by atoms with Crippen molar-refractivity contribution in [3.05, 3.63) is 41.9 Å². The van der Waals surface area contributed by atoms with Crippen LogP contribution < -0.4 is 10.2 Å². The van der Waals surface area contributed by atoms with Crippen molar-refractivity contribution < 1.29 is 0 Å². The third-order valence-corrected chi connectivity index (χ3v) is 2.98. The second-order valence-corrected chi connectivity index (χ2v) is 4.55. The zero-order valence-corrected chi connectivity index (χ0v) is 12.3. The van der Waals surface area contributed by atoms with E-state index in [4.69, 9.17) is 0 Å². The average Bonchev–Trinajstić information content (AvgIpc) is 2.45. The molecule has 5 nitrogen and oxygen atoms in total. The number of anilines is 2. The topological polar surface area (TPSA) is 53.9 Å². The van der Waals surface area contributed by atoms with Crippen molar-refractivity contribution in [1.29, 1.82) is 0 Å². The van der Waals surface area contributed by atoms with E-state index in [9.17, 15) is 0 Å². The highest BCUT2D eigenvalue weighted by Crippen LogP contribution is 2.14. The lowest BCUT2D eigenvalue weighted by Gasteiger charge is -2.22. The summed E-state index contributed by atoms with van der Waals surface area (Å²) >= 11 is 0. The third-order valence-electron chi connectivity index (χ3n) is 2.98. The van der Waals surface area contributed by atoms with E-state index >= 15 is 0 Å². The number of hydrogen-bond acceptors (Lipinski definition) is 5. The number of rotatable bonds is 6. The molecule has 2 aromatic rings. The maximum absolute atomic E-state index is 4.54. The first kappa shape index (κ1) is 14.2. The summed E-state index contributed by atoms with van der Waals surface area (Å²) in [5.74, 6) is 1.59. The van der Waals surface area contributed by atoms with Crippen molar-refractivity contribution >= 4 is 11.8 Å². The minimum Gasteiger partial charge on any atom is -0.354 e. The van der Waals surface area contributed by atoms with E-state index in [-0.39, 0.29) is 0 Å². The van der Waals surface area contributed by atoms with Gasteiger partial charge in [-0.3, -0.25) is 4.98 Å². The summed E-state index contributed by atoms with van der Waals surface area (Å²) in [5.41, 5.74) is 2.09. The lowest BCUT2D eigenvalue weighted by Crippen LogP contribution is -2.24. The molecule has 0 aliphatic carbocycles. The molecule has 0 aliphatic rings. The van der Waals surface area contributed by atoms with Gasteiger partial charge in [0.05, 0.1) is 12.2 Å². The molecule has 5 heteroatoms. The van der Waals surface area contributed by atoms with Crippen molar-refractivity contribution in [2.24, 2.45) is 0 Å². The number of aromatic nitrogens is 3. The SMILES string of the molecule is CCNc1nccc(N(CC)Cc2cccc(C)n2)n1. The van der Waals surface area contributed by atoms with Gasteiger partial charge in [-0.1, -0.05) is 6.07 Å². The van der Waals surface area contributed by atoms with Gasteiger partial charge in [-0.2, -0.15) is 4.98 Å². The first-order valence-corrected chi connectivity index (χ1v) is 6.97. The molecule has 0 saturated carbocycles. The molecule has 106 valence electrons. The Balaban J connectivity index is 2.17. The van der Waals surface area contributed by atoms with Crippen molar-refractivity contribution in [2.45, 2.75) is 27.3 Å². The fourth-order valence-electron chi connectivity index (χ4n) is 2.01. The van der Waals surface area contributed by atoms with Crippen LogP contribution in [-0.4, -0.2) is 28.0 Å². The summed E-state index contributed by atoms with van der Waals surface area (Å²) in [6.07, 6.45) is 1.78. The maximum Gasteiger partial charge on any atom is 0.224 e. The summed E-state index contributed by atoms with van der Waals surface area (Å²) in [4.78, 5) is 15.5. The molecule has 2 heterocycles. The highest BCUT2D eigenvalue weighted by molar-refractivity contribution is 5.42. The molecule has 2 aromatic heterocycles. The predicted molar refractivity (Wildman–Crippen MR) is 81.9 cm³/mol. The zero-order chi connectivity index (χ0) is 14.4. The van der Waals surface area contributed by atoms with Crippen molar-refractivity contribution in [3.8, 4) is 0 Å². The summed E-state index contributed by atoms with van der Waals surface area (Å²) in [5, 5.41) is 3.14. The first-order chi connectivity index (χ1) is 9.72. The van der Waals surface area contributed by atoms with E-state index in [1.54, 1.807) is 6.20 Å². The van der Waals surface area contributed by atoms with Gasteiger partial charge in [0.1, 0.15) is 5.82 Å². The molecule has 0 bridgehead atoms. The van der Waals surface area contributed by atoms with E-state index in [0.717, 1.165) is 36.8 Å². The first-order valence-electron chi connectivity index (χ1n) is 6.97. The van der Waals surface area contributed by atoms with Gasteiger partial charge in [0.15, 0.2) is 0 Å². The highest BCUT2D eigenvalue weighted by Gasteiger charge is 2.09. The highest BCUT2D eigenvalue weighted by atomic mass is 15.2. The molecule has 0 spiro atoms. The Kier molecular flexibility index (Phi) is 4.87. The zero-order valence-electron chi connectivity index (χ0n) is 12.3. The summed E-state index contributed by atoms with van der Waals surface area (Å²) in [6, 6.07) is 8.02. The van der Waals surface area contributed by atoms with Crippen LogP contribution in [0.15, 0.2) is 30.5 Å². The summed E-state index contributed by atoms with van der Waals surface area (Å²) in [6.45, 7) is 8.59. The smallest absolute Gasteiger partial charge is 0.224 e. The molecule has 2 rings (SSSR count). The predicted octanol–water partition coefficient (Wildman–Crippen LogP) is 2.64. The Morgan fingerprint density at radius 1 is 1.15 bits per heavy atom. The summed E-state index contributed by atoms with van der Waals surface area (Å²) in [7, 11) is 0. The molecule has 0 radical (unpaired) electrons. The molecule has 0 amide bonds. The fourth-order valence-corrected chi connectivity index (χ4v) is 2.01. The van der Waals surface area contributed by atoms with E-state index in [2.05, 4.69) is 32.1 Å². The fraction of sp³-hybridized carbons (Fsp3) is 0.400. The largest absolute Gasteiger partial charge is 0.354 e. The molecular weight excluding hydrogens is 250 g/mol. The Labute approximate surface area is 120 Å². The van der Waals surface area contributed by atoms with Crippen LogP contribution >= 0.6 is 0 Å². The third kappa shape index (κ3) is 3.66. The molecule has 0 fully saturated rings. The van der Waals surface area contributed by atoms with E-state index in [1.807, 2.05) is 38.1 Å². The van der Waals surface area contributed by atoms with Gasteiger partial charge in [0, 0.05) is 25.0 Å². The van der Waals surface area contributed by atoms with Gasteiger partial charge >= 0.3 is 0 Å². The number of aryl methyl sites for hydroxylation is 1. The minimum atomic E-state index is 0.667. The molecule has 0 aliphatic heterocycles. The molecule has 0 atom stereocenters. The molecule has 0 saturated heterocycles. The summed E-state index contributed by atoms with van der Waals surface area (Å²) < 4.78 is 0. The Hall–Kier alpha value is -2.17. The van der Waals surface area contributed by atoms with Crippen LogP contribution in [0.5, 0.6) is 0 Å². The van der Waals surface area contributed by atoms with Crippen LogP contribution in [0, 0.1) is 6.92 Å². The van der Waals surface area contributed by atoms with Gasteiger partial charge in [-0.25, -0.2) is 4.98 Å². The van der Waals surface area contributed by atoms with Gasteiger partial charge in [-0.15, -0.1) is 0 Å². The Bertz CT molecular complexity index is 555. The maximum atomic E-state index is 4.54. The quantitative estimate of drug-likeness (QED) is 0.875. The normalized spacial score (nSPS) is 10.3. The molecule has 0 aromatic carbocycles. The second kappa shape index (κ2) is 6.84. The second-order valence-electron chi connectivity index (χ2n) is 4.55. The van der Waals surface area contributed by atoms with Crippen LogP contribution in [0.3, 0.4) is 0 Å². The molecule has 20 heavy (non-hydrogen) atoms. The van der Waals surface area contributed by atoms with Crippen LogP contribution in [0.25, 0.3) is 0 Å². The van der Waals surface area contributed by atoms with Crippen LogP contribution in [-0.2, 0) is 6.54 Å². The molecular formula is C15H21N5. The standard InChI is InChI=1S/C15H21N5/c1-4-16-15-17-10-9-14(19-15)20(5-2)11-13-8-6-7-12(3)18-13/h6-10H,4-5,11H2,1-3H3,(H,16,17,19). The lowest BCUT2D eigenvalue weighted by atomic mass is 10.3. The van der Waals surface area contributed by atoms with E-state index < -0.39 is 0 Å². The van der Waals surface area contributed by atoms with Gasteiger partial charge in [-0.05, 0) is 39.0 Å². The average molecular weight is 271 g/mol. The Morgan fingerprint density at radius 2 is 2.00 bits per heavy atom. The number of pyridine rings is 1. The van der Waals surface area contributed by atoms with Gasteiger partial charge in [0.2, 0.25) is 5.95 Å². The van der Waals surface area contributed by atoms with Crippen LogP contribution in [0.1, 0.15) is 25.2 Å². The van der Waals surface area contributed by atoms with Crippen molar-refractivity contribution in [3.63, 3.8) is 0 Å². The lowest BCUT2D eigenvalue weighted by molar-refractivity contribution is 0.788. The van der Waals surface area contributed by atoms with Crippen LogP contribution in [0.2, 0.25) is 0 Å². The van der Waals surface area contributed by atoms with Crippen LogP contribution in [0.4, 0.5) is 11.8 Å². The Morgan fingerprint density at radius 3 is 2.70 bits per heavy atom. The number of nitrogens with one attached hydrogen (secondary N) is 1. The minimum absolute atomic E-state index is 0.667. The van der Waals surface area contributed by atoms with Crippen molar-refractivity contribution in [2.75, 3.05) is 23.3 Å². The van der Waals surface area contributed by atoms with E-state index in [0.29, 0.717) is 5.95 Å². The number of nitrogens with zero attached hydrogens (tertiary/aromatic N) is 4.